The molecule has 0 heterocycles. The number of aromatic hydroxyl groups is 2. The number of hydrogen-bond donors (Lipinski definition) is 3. The maximum absolute atomic E-state index is 11.6. The zero-order chi connectivity index (χ0) is 19.7. The maximum atomic E-state index is 11.6. The van der Waals surface area contributed by atoms with Crippen LogP contribution in [-0.2, 0) is 12.8 Å². The number of carboxylic acid groups (broad SMARTS) is 1. The van der Waals surface area contributed by atoms with Crippen LogP contribution in [-0.4, -0.2) is 44.3 Å². The Balaban J connectivity index is 0.00000676. The van der Waals surface area contributed by atoms with Crippen LogP contribution < -0.4 is 0 Å². The van der Waals surface area contributed by atoms with Gasteiger partial charge in [-0.1, -0.05) is 43.1 Å². The topological polar surface area (TPSA) is 77.8 Å². The van der Waals surface area contributed by atoms with Crippen molar-refractivity contribution in [1.82, 2.24) is 0 Å². The predicted molar refractivity (Wildman–Crippen MR) is 112 cm³/mol. The summed E-state index contributed by atoms with van der Waals surface area (Å²) in [4.78, 5) is 11.6. The molecule has 0 aliphatic rings. The third-order valence-corrected chi connectivity index (χ3v) is 4.47. The van der Waals surface area contributed by atoms with E-state index in [2.05, 4.69) is 26.8 Å². The van der Waals surface area contributed by atoms with E-state index in [1.54, 1.807) is 0 Å². The Morgan fingerprint density at radius 2 is 1.78 bits per heavy atom. The number of benzene rings is 1. The molecule has 1 aromatic carbocycles. The summed E-state index contributed by atoms with van der Waals surface area (Å²) in [6.45, 7) is 8.20. The molecule has 3 N–H and O–H groups in total. The molecular formula is C22H32MgO4+2. The van der Waals surface area contributed by atoms with E-state index in [4.69, 9.17) is 0 Å². The van der Waals surface area contributed by atoms with Gasteiger partial charge in [-0.25, -0.2) is 4.79 Å². The summed E-state index contributed by atoms with van der Waals surface area (Å²) >= 11 is 0. The largest absolute Gasteiger partial charge is 2.00 e. The fourth-order valence-electron chi connectivity index (χ4n) is 2.92. The van der Waals surface area contributed by atoms with Crippen LogP contribution in [0.1, 0.15) is 81.3 Å². The van der Waals surface area contributed by atoms with Crippen molar-refractivity contribution < 1.29 is 20.1 Å². The minimum atomic E-state index is -1.15. The second kappa shape index (κ2) is 12.8. The van der Waals surface area contributed by atoms with Crippen molar-refractivity contribution in [2.75, 3.05) is 0 Å². The number of hydrogen-bond acceptors (Lipinski definition) is 3. The van der Waals surface area contributed by atoms with E-state index in [0.29, 0.717) is 18.4 Å². The van der Waals surface area contributed by atoms with E-state index >= 15 is 0 Å². The fourth-order valence-corrected chi connectivity index (χ4v) is 2.92. The van der Waals surface area contributed by atoms with E-state index < -0.39 is 5.97 Å². The molecule has 0 unspecified atom stereocenters. The van der Waals surface area contributed by atoms with E-state index in [9.17, 15) is 20.1 Å². The van der Waals surface area contributed by atoms with Gasteiger partial charge in [0.05, 0.1) is 0 Å². The average molecular weight is 385 g/mol. The molecule has 1 rings (SSSR count). The first kappa shape index (κ1) is 25.5. The third kappa shape index (κ3) is 8.39. The Hall–Kier alpha value is -1.46. The molecule has 0 atom stereocenters. The smallest absolute Gasteiger partial charge is 0.508 e. The van der Waals surface area contributed by atoms with Crippen molar-refractivity contribution in [3.8, 4) is 11.5 Å². The van der Waals surface area contributed by atoms with Crippen LogP contribution in [0.25, 0.3) is 0 Å². The van der Waals surface area contributed by atoms with Crippen molar-refractivity contribution in [2.24, 2.45) is 0 Å². The van der Waals surface area contributed by atoms with Gasteiger partial charge in [0.1, 0.15) is 17.1 Å². The molecule has 0 bridgehead atoms. The Morgan fingerprint density at radius 3 is 2.33 bits per heavy atom. The second-order valence-electron chi connectivity index (χ2n) is 7.09. The number of allylic oxidation sites excluding steroid dienone is 4. The van der Waals surface area contributed by atoms with Crippen LogP contribution in [0.2, 0.25) is 0 Å². The Morgan fingerprint density at radius 1 is 1.11 bits per heavy atom. The van der Waals surface area contributed by atoms with E-state index in [1.807, 2.05) is 13.0 Å². The monoisotopic (exact) mass is 384 g/mol. The van der Waals surface area contributed by atoms with Crippen molar-refractivity contribution in [3.05, 3.63) is 46.1 Å². The minimum Gasteiger partial charge on any atom is -0.508 e. The quantitative estimate of drug-likeness (QED) is 0.287. The van der Waals surface area contributed by atoms with Gasteiger partial charge < -0.3 is 15.3 Å². The predicted octanol–water partition coefficient (Wildman–Crippen LogP) is 5.38. The summed E-state index contributed by atoms with van der Waals surface area (Å²) < 4.78 is 0. The van der Waals surface area contributed by atoms with Crippen LogP contribution in [0.15, 0.2) is 29.4 Å². The first-order valence-electron chi connectivity index (χ1n) is 9.36. The van der Waals surface area contributed by atoms with Crippen molar-refractivity contribution >= 4 is 29.0 Å². The summed E-state index contributed by atoms with van der Waals surface area (Å²) in [5.74, 6) is -1.50. The first-order chi connectivity index (χ1) is 12.3. The van der Waals surface area contributed by atoms with Crippen LogP contribution in [0.3, 0.4) is 0 Å². The molecule has 0 saturated carbocycles. The molecular weight excluding hydrogens is 353 g/mol. The average Bonchev–Trinajstić information content (AvgIpc) is 2.53. The molecule has 0 fully saturated rings. The van der Waals surface area contributed by atoms with Crippen molar-refractivity contribution in [3.63, 3.8) is 0 Å². The van der Waals surface area contributed by atoms with E-state index in [-0.39, 0.29) is 45.7 Å². The molecule has 0 radical (unpaired) electrons. The van der Waals surface area contributed by atoms with Gasteiger partial charge in [-0.2, -0.15) is 0 Å². The second-order valence-corrected chi connectivity index (χ2v) is 7.09. The number of unbranched alkanes of at least 4 members (excludes halogenated alkanes) is 2. The maximum Gasteiger partial charge on any atom is 2.00 e. The first-order valence-corrected chi connectivity index (χ1v) is 9.36. The SMILES string of the molecule is CCCCCc1cc(O)c(C/C=C(\C)CCC=C(C)C)c(O)c1C(=O)O.[Mg+2]. The summed E-state index contributed by atoms with van der Waals surface area (Å²) in [5, 5.41) is 30.3. The molecule has 0 aliphatic carbocycles. The number of carboxylic acids is 1. The van der Waals surface area contributed by atoms with Crippen molar-refractivity contribution in [2.45, 2.75) is 72.6 Å². The van der Waals surface area contributed by atoms with Gasteiger partial charge in [-0.05, 0) is 64.5 Å². The van der Waals surface area contributed by atoms with Gasteiger partial charge in [0.2, 0.25) is 0 Å². The molecule has 0 aromatic heterocycles. The summed E-state index contributed by atoms with van der Waals surface area (Å²) in [7, 11) is 0. The molecule has 5 heteroatoms. The molecule has 144 valence electrons. The Bertz CT molecular complexity index is 686. The summed E-state index contributed by atoms with van der Waals surface area (Å²) in [6.07, 6.45) is 9.63. The van der Waals surface area contributed by atoms with Crippen LogP contribution >= 0.6 is 0 Å². The van der Waals surface area contributed by atoms with Gasteiger partial charge >= 0.3 is 29.0 Å². The number of aryl methyl sites for hydroxylation is 1. The number of carbonyl (C=O) groups is 1. The Labute approximate surface area is 179 Å². The summed E-state index contributed by atoms with van der Waals surface area (Å²) in [6, 6.07) is 1.50. The summed E-state index contributed by atoms with van der Waals surface area (Å²) in [5.41, 5.74) is 3.12. The standard InChI is InChI=1S/C22H32O4.Mg/c1-5-6-7-11-17-14-19(23)18(21(24)20(17)22(25)26)13-12-16(4)10-8-9-15(2)3;/h9,12,14,23-24H,5-8,10-11,13H2,1-4H3,(H,25,26);/q;+2/b16-12+;. The van der Waals surface area contributed by atoms with Crippen LogP contribution in [0, 0.1) is 0 Å². The van der Waals surface area contributed by atoms with E-state index in [0.717, 1.165) is 37.7 Å². The normalized spacial score (nSPS) is 11.0. The zero-order valence-electron chi connectivity index (χ0n) is 17.1. The third-order valence-electron chi connectivity index (χ3n) is 4.47. The zero-order valence-corrected chi connectivity index (χ0v) is 18.6. The van der Waals surface area contributed by atoms with Gasteiger partial charge in [0.15, 0.2) is 0 Å². The Kier molecular flexibility index (Phi) is 12.1. The number of phenols is 2. The van der Waals surface area contributed by atoms with Gasteiger partial charge in [0, 0.05) is 5.56 Å². The van der Waals surface area contributed by atoms with Crippen molar-refractivity contribution in [1.29, 1.82) is 0 Å². The molecule has 1 aromatic rings. The number of rotatable bonds is 10. The minimum absolute atomic E-state index is 0. The fraction of sp³-hybridized carbons (Fsp3) is 0.500. The molecule has 0 spiro atoms. The molecule has 0 saturated heterocycles. The number of aromatic carboxylic acids is 1. The van der Waals surface area contributed by atoms with Gasteiger partial charge in [0.25, 0.3) is 0 Å². The van der Waals surface area contributed by atoms with Crippen LogP contribution in [0.4, 0.5) is 0 Å². The molecule has 0 amide bonds. The molecule has 0 aliphatic heterocycles. The number of phenolic OH excluding ortho intramolecular Hbond substituents is 1. The van der Waals surface area contributed by atoms with E-state index in [1.165, 1.54) is 11.6 Å². The molecule has 4 nitrogen and oxygen atoms in total. The molecule has 27 heavy (non-hydrogen) atoms. The van der Waals surface area contributed by atoms with Gasteiger partial charge in [-0.3, -0.25) is 0 Å². The van der Waals surface area contributed by atoms with Gasteiger partial charge in [-0.15, -0.1) is 0 Å². The van der Waals surface area contributed by atoms with Crippen LogP contribution in [0.5, 0.6) is 11.5 Å².